The maximum absolute atomic E-state index is 11.8. The zero-order valence-electron chi connectivity index (χ0n) is 17.4. The molecular weight excluding hydrogens is 394 g/mol. The lowest BCUT2D eigenvalue weighted by Crippen LogP contribution is -2.17. The van der Waals surface area contributed by atoms with Crippen LogP contribution in [0.3, 0.4) is 0 Å². The Labute approximate surface area is 180 Å². The molecule has 4 nitrogen and oxygen atoms in total. The molecule has 0 atom stereocenters. The summed E-state index contributed by atoms with van der Waals surface area (Å²) in [4.78, 5) is 23.5. The van der Waals surface area contributed by atoms with Gasteiger partial charge in [-0.15, -0.1) is 0 Å². The van der Waals surface area contributed by atoms with Gasteiger partial charge < -0.3 is 4.74 Å². The normalized spacial score (nSPS) is 15.7. The van der Waals surface area contributed by atoms with Gasteiger partial charge in [0.2, 0.25) is 0 Å². The van der Waals surface area contributed by atoms with Crippen molar-refractivity contribution in [2.45, 2.75) is 26.2 Å². The van der Waals surface area contributed by atoms with Crippen molar-refractivity contribution in [3.05, 3.63) is 70.6 Å². The first-order valence-electron chi connectivity index (χ1n) is 9.72. The quantitative estimate of drug-likeness (QED) is 0.520. The van der Waals surface area contributed by atoms with Crippen LogP contribution in [-0.2, 0) is 10.2 Å². The molecule has 0 spiro atoms. The van der Waals surface area contributed by atoms with Gasteiger partial charge in [0.15, 0.2) is 0 Å². The lowest BCUT2D eigenvalue weighted by atomic mass is 9.84. The van der Waals surface area contributed by atoms with Gasteiger partial charge in [0.05, 0.1) is 12.0 Å². The zero-order valence-corrected chi connectivity index (χ0v) is 18.2. The number of benzene rings is 3. The Morgan fingerprint density at radius 3 is 2.23 bits per heavy atom. The van der Waals surface area contributed by atoms with Crippen LogP contribution in [0, 0.1) is 0 Å². The van der Waals surface area contributed by atoms with E-state index in [0.29, 0.717) is 4.91 Å². The molecule has 30 heavy (non-hydrogen) atoms. The summed E-state index contributed by atoms with van der Waals surface area (Å²) in [5.41, 5.74) is 4.32. The van der Waals surface area contributed by atoms with Crippen molar-refractivity contribution in [3.63, 3.8) is 0 Å². The van der Waals surface area contributed by atoms with E-state index in [1.54, 1.807) is 13.2 Å². The van der Waals surface area contributed by atoms with Gasteiger partial charge in [0.25, 0.3) is 11.1 Å². The maximum Gasteiger partial charge on any atom is 0.290 e. The molecule has 0 aromatic heterocycles. The molecule has 0 unspecified atom stereocenters. The van der Waals surface area contributed by atoms with Crippen LogP contribution >= 0.6 is 11.8 Å². The van der Waals surface area contributed by atoms with E-state index >= 15 is 0 Å². The van der Waals surface area contributed by atoms with Crippen molar-refractivity contribution in [2.75, 3.05) is 7.11 Å². The fourth-order valence-corrected chi connectivity index (χ4v) is 4.26. The average Bonchev–Trinajstić information content (AvgIpc) is 3.03. The Kier molecular flexibility index (Phi) is 5.16. The molecule has 1 heterocycles. The Morgan fingerprint density at radius 1 is 0.900 bits per heavy atom. The highest BCUT2D eigenvalue weighted by Gasteiger charge is 2.25. The fourth-order valence-electron chi connectivity index (χ4n) is 3.58. The number of carbonyl (C=O) groups excluding carboxylic acids is 2. The molecule has 1 fully saturated rings. The first kappa shape index (κ1) is 20.2. The summed E-state index contributed by atoms with van der Waals surface area (Å²) in [6.45, 7) is 6.55. The average molecular weight is 418 g/mol. The van der Waals surface area contributed by atoms with Gasteiger partial charge in [0.1, 0.15) is 5.75 Å². The minimum atomic E-state index is -0.338. The van der Waals surface area contributed by atoms with E-state index in [2.05, 4.69) is 56.4 Å². The summed E-state index contributed by atoms with van der Waals surface area (Å²) in [7, 11) is 1.71. The number of thioether (sulfide) groups is 1. The number of hydrogen-bond donors (Lipinski definition) is 1. The second-order valence-electron chi connectivity index (χ2n) is 8.34. The Hall–Kier alpha value is -3.05. The lowest BCUT2D eigenvalue weighted by Gasteiger charge is -2.23. The molecule has 4 rings (SSSR count). The van der Waals surface area contributed by atoms with Crippen LogP contribution in [0.5, 0.6) is 5.75 Å². The minimum absolute atomic E-state index is 0.0213. The van der Waals surface area contributed by atoms with Crippen molar-refractivity contribution in [1.82, 2.24) is 5.32 Å². The van der Waals surface area contributed by atoms with Crippen LogP contribution in [0.25, 0.3) is 28.0 Å². The Morgan fingerprint density at radius 2 is 1.57 bits per heavy atom. The third-order valence-corrected chi connectivity index (χ3v) is 5.96. The number of methoxy groups -OCH3 is 1. The van der Waals surface area contributed by atoms with Crippen LogP contribution in [0.1, 0.15) is 31.9 Å². The van der Waals surface area contributed by atoms with Crippen LogP contribution < -0.4 is 10.1 Å². The highest BCUT2D eigenvalue weighted by atomic mass is 32.2. The number of ether oxygens (including phenoxy) is 1. The SMILES string of the molecule is COc1ccc(-c2ccc3cc(/C=C4\SC(=O)NC4=O)ccc3c2)cc1C(C)(C)C. The molecule has 1 aliphatic heterocycles. The largest absolute Gasteiger partial charge is 0.496 e. The number of amides is 2. The highest BCUT2D eigenvalue weighted by molar-refractivity contribution is 8.18. The Bertz CT molecular complexity index is 1200. The standard InChI is InChI=1S/C25H23NO3S/c1-25(2,3)20-14-19(9-10-21(20)29-4)18-8-7-16-11-15(5-6-17(16)13-18)12-22-23(27)26-24(28)30-22/h5-14H,1-4H3,(H,26,27,28)/b22-12-. The van der Waals surface area contributed by atoms with Crippen molar-refractivity contribution >= 4 is 39.8 Å². The van der Waals surface area contributed by atoms with Crippen LogP contribution in [-0.4, -0.2) is 18.3 Å². The van der Waals surface area contributed by atoms with Crippen molar-refractivity contribution < 1.29 is 14.3 Å². The minimum Gasteiger partial charge on any atom is -0.496 e. The smallest absolute Gasteiger partial charge is 0.290 e. The lowest BCUT2D eigenvalue weighted by molar-refractivity contribution is -0.115. The first-order valence-corrected chi connectivity index (χ1v) is 10.5. The van der Waals surface area contributed by atoms with Gasteiger partial charge >= 0.3 is 0 Å². The van der Waals surface area contributed by atoms with E-state index in [-0.39, 0.29) is 16.6 Å². The topological polar surface area (TPSA) is 55.4 Å². The van der Waals surface area contributed by atoms with Crippen molar-refractivity contribution in [2.24, 2.45) is 0 Å². The number of carbonyl (C=O) groups is 2. The van der Waals surface area contributed by atoms with Gasteiger partial charge in [-0.1, -0.05) is 51.1 Å². The van der Waals surface area contributed by atoms with Gasteiger partial charge in [0, 0.05) is 5.56 Å². The summed E-state index contributed by atoms with van der Waals surface area (Å²) in [6, 6.07) is 18.7. The first-order chi connectivity index (χ1) is 14.2. The van der Waals surface area contributed by atoms with E-state index in [0.717, 1.165) is 45.0 Å². The van der Waals surface area contributed by atoms with Crippen LogP contribution in [0.2, 0.25) is 0 Å². The molecule has 1 saturated heterocycles. The predicted molar refractivity (Wildman–Crippen MR) is 124 cm³/mol. The molecule has 5 heteroatoms. The molecule has 0 bridgehead atoms. The molecule has 3 aromatic rings. The summed E-state index contributed by atoms with van der Waals surface area (Å²) >= 11 is 0.931. The molecule has 0 saturated carbocycles. The zero-order chi connectivity index (χ0) is 21.5. The van der Waals surface area contributed by atoms with Crippen molar-refractivity contribution in [1.29, 1.82) is 0 Å². The Balaban J connectivity index is 1.70. The highest BCUT2D eigenvalue weighted by Crippen LogP contribution is 2.36. The van der Waals surface area contributed by atoms with Gasteiger partial charge in [-0.3, -0.25) is 14.9 Å². The van der Waals surface area contributed by atoms with Gasteiger partial charge in [-0.05, 0) is 75.0 Å². The number of nitrogens with one attached hydrogen (secondary N) is 1. The molecule has 152 valence electrons. The van der Waals surface area contributed by atoms with Gasteiger partial charge in [-0.25, -0.2) is 0 Å². The summed E-state index contributed by atoms with van der Waals surface area (Å²) in [6.07, 6.45) is 1.75. The second kappa shape index (κ2) is 7.65. The van der Waals surface area contributed by atoms with E-state index in [1.807, 2.05) is 24.3 Å². The number of fused-ring (bicyclic) bond motifs is 1. The molecule has 1 aliphatic rings. The molecule has 0 radical (unpaired) electrons. The maximum atomic E-state index is 11.8. The monoisotopic (exact) mass is 417 g/mol. The molecule has 2 amide bonds. The number of rotatable bonds is 3. The summed E-state index contributed by atoms with van der Waals surface area (Å²) in [5.74, 6) is 0.562. The molecule has 0 aliphatic carbocycles. The predicted octanol–water partition coefficient (Wildman–Crippen LogP) is 6.14. The van der Waals surface area contributed by atoms with E-state index < -0.39 is 0 Å². The fraction of sp³-hybridized carbons (Fsp3) is 0.200. The third-order valence-electron chi connectivity index (χ3n) is 5.14. The van der Waals surface area contributed by atoms with E-state index in [9.17, 15) is 9.59 Å². The molecule has 3 aromatic carbocycles. The summed E-state index contributed by atoms with van der Waals surface area (Å²) in [5, 5.41) is 4.14. The second-order valence-corrected chi connectivity index (χ2v) is 9.35. The number of hydrogen-bond acceptors (Lipinski definition) is 4. The van der Waals surface area contributed by atoms with E-state index in [4.69, 9.17) is 4.74 Å². The van der Waals surface area contributed by atoms with Crippen LogP contribution in [0.4, 0.5) is 4.79 Å². The molecule has 1 N–H and O–H groups in total. The third kappa shape index (κ3) is 3.98. The van der Waals surface area contributed by atoms with Gasteiger partial charge in [-0.2, -0.15) is 0 Å². The van der Waals surface area contributed by atoms with Crippen molar-refractivity contribution in [3.8, 4) is 16.9 Å². The van der Waals surface area contributed by atoms with E-state index in [1.165, 1.54) is 5.56 Å². The molecular formula is C25H23NO3S. The van der Waals surface area contributed by atoms with Crippen LogP contribution in [0.15, 0.2) is 59.5 Å². The number of imide groups is 1. The summed E-state index contributed by atoms with van der Waals surface area (Å²) < 4.78 is 5.56.